The van der Waals surface area contributed by atoms with Crippen molar-refractivity contribution in [3.05, 3.63) is 47.4 Å². The van der Waals surface area contributed by atoms with Crippen LogP contribution in [-0.2, 0) is 16.1 Å². The minimum atomic E-state index is -1.08. The largest absolute Gasteiger partial charge is 0.482 e. The van der Waals surface area contributed by atoms with Gasteiger partial charge in [0.25, 0.3) is 5.91 Å². The fraction of sp³-hybridized carbons (Fsp3) is 0.278. The third-order valence-corrected chi connectivity index (χ3v) is 4.03. The summed E-state index contributed by atoms with van der Waals surface area (Å²) in [6, 6.07) is 8.54. The van der Waals surface area contributed by atoms with Gasteiger partial charge in [-0.05, 0) is 25.1 Å². The summed E-state index contributed by atoms with van der Waals surface area (Å²) >= 11 is 0. The van der Waals surface area contributed by atoms with Crippen molar-refractivity contribution in [2.24, 2.45) is 0 Å². The van der Waals surface area contributed by atoms with E-state index in [-0.39, 0.29) is 49.3 Å². The first-order valence-corrected chi connectivity index (χ1v) is 8.07. The SMILES string of the molecule is Cc1oc(CNC(=O)CCN2C(=O)COc3ccccc32)cc1C(=O)O. The highest BCUT2D eigenvalue weighted by molar-refractivity contribution is 5.98. The Morgan fingerprint density at radius 1 is 1.31 bits per heavy atom. The minimum absolute atomic E-state index is 0.0533. The number of carboxylic acids is 1. The van der Waals surface area contributed by atoms with Gasteiger partial charge in [0, 0.05) is 13.0 Å². The molecule has 1 aromatic heterocycles. The summed E-state index contributed by atoms with van der Waals surface area (Å²) in [5.41, 5.74) is 0.717. The quantitative estimate of drug-likeness (QED) is 0.814. The van der Waals surface area contributed by atoms with Crippen molar-refractivity contribution in [1.82, 2.24) is 5.32 Å². The van der Waals surface area contributed by atoms with Crippen LogP contribution in [0.5, 0.6) is 5.75 Å². The Kier molecular flexibility index (Phi) is 4.92. The van der Waals surface area contributed by atoms with E-state index in [1.807, 2.05) is 6.07 Å². The highest BCUT2D eigenvalue weighted by Crippen LogP contribution is 2.31. The maximum absolute atomic E-state index is 12.1. The van der Waals surface area contributed by atoms with E-state index < -0.39 is 5.97 Å². The van der Waals surface area contributed by atoms with Gasteiger partial charge in [-0.3, -0.25) is 9.59 Å². The Morgan fingerprint density at radius 2 is 2.08 bits per heavy atom. The first kappa shape index (κ1) is 17.5. The van der Waals surface area contributed by atoms with Crippen LogP contribution in [0.3, 0.4) is 0 Å². The Bertz CT molecular complexity index is 857. The molecule has 2 amide bonds. The predicted octanol–water partition coefficient (Wildman–Crippen LogP) is 1.72. The Hall–Kier alpha value is -3.29. The molecule has 0 bridgehead atoms. The second kappa shape index (κ2) is 7.30. The molecule has 3 rings (SSSR count). The van der Waals surface area contributed by atoms with Crippen LogP contribution in [0.2, 0.25) is 0 Å². The summed E-state index contributed by atoms with van der Waals surface area (Å²) in [6.45, 7) is 1.81. The molecule has 0 spiro atoms. The van der Waals surface area contributed by atoms with Crippen molar-refractivity contribution in [1.29, 1.82) is 0 Å². The van der Waals surface area contributed by atoms with E-state index in [2.05, 4.69) is 5.32 Å². The van der Waals surface area contributed by atoms with Gasteiger partial charge in [0.05, 0.1) is 12.2 Å². The Labute approximate surface area is 149 Å². The smallest absolute Gasteiger partial charge is 0.339 e. The summed E-state index contributed by atoms with van der Waals surface area (Å²) in [5.74, 6) is -0.289. The van der Waals surface area contributed by atoms with Gasteiger partial charge in [-0.2, -0.15) is 0 Å². The van der Waals surface area contributed by atoms with Crippen molar-refractivity contribution in [3.63, 3.8) is 0 Å². The molecule has 8 nitrogen and oxygen atoms in total. The lowest BCUT2D eigenvalue weighted by atomic mass is 10.2. The van der Waals surface area contributed by atoms with E-state index in [0.29, 0.717) is 17.2 Å². The van der Waals surface area contributed by atoms with Crippen molar-refractivity contribution < 1.29 is 28.6 Å². The third kappa shape index (κ3) is 3.69. The Balaban J connectivity index is 1.55. The number of furan rings is 1. The molecule has 0 unspecified atom stereocenters. The lowest BCUT2D eigenvalue weighted by Gasteiger charge is -2.29. The van der Waals surface area contributed by atoms with Crippen LogP contribution < -0.4 is 15.0 Å². The minimum Gasteiger partial charge on any atom is -0.482 e. The number of ether oxygens (including phenoxy) is 1. The van der Waals surface area contributed by atoms with Gasteiger partial charge in [-0.15, -0.1) is 0 Å². The number of para-hydroxylation sites is 2. The average molecular weight is 358 g/mol. The molecule has 2 aromatic rings. The van der Waals surface area contributed by atoms with Gasteiger partial charge in [0.15, 0.2) is 6.61 Å². The maximum atomic E-state index is 12.1. The molecule has 1 aliphatic rings. The number of aryl methyl sites for hydroxylation is 1. The molecule has 0 saturated heterocycles. The number of carboxylic acid groups (broad SMARTS) is 1. The molecule has 1 aliphatic heterocycles. The van der Waals surface area contributed by atoms with Gasteiger partial charge in [0.2, 0.25) is 5.91 Å². The number of benzene rings is 1. The van der Waals surface area contributed by atoms with E-state index in [0.717, 1.165) is 0 Å². The zero-order chi connectivity index (χ0) is 18.7. The molecule has 8 heteroatoms. The average Bonchev–Trinajstić information content (AvgIpc) is 3.00. The van der Waals surface area contributed by atoms with Crippen molar-refractivity contribution in [3.8, 4) is 5.75 Å². The van der Waals surface area contributed by atoms with Crippen LogP contribution >= 0.6 is 0 Å². The van der Waals surface area contributed by atoms with Gasteiger partial charge in [-0.1, -0.05) is 12.1 Å². The van der Waals surface area contributed by atoms with E-state index in [4.69, 9.17) is 14.3 Å². The summed E-state index contributed by atoms with van der Waals surface area (Å²) in [5, 5.41) is 11.7. The molecule has 0 fully saturated rings. The number of nitrogens with one attached hydrogen (secondary N) is 1. The lowest BCUT2D eigenvalue weighted by molar-refractivity contribution is -0.122. The molecule has 0 atom stereocenters. The topological polar surface area (TPSA) is 109 Å². The zero-order valence-electron chi connectivity index (χ0n) is 14.2. The molecular weight excluding hydrogens is 340 g/mol. The monoisotopic (exact) mass is 358 g/mol. The molecule has 2 N–H and O–H groups in total. The van der Waals surface area contributed by atoms with Crippen LogP contribution in [0.1, 0.15) is 28.3 Å². The fourth-order valence-electron chi connectivity index (χ4n) is 2.73. The summed E-state index contributed by atoms with van der Waals surface area (Å²) in [4.78, 5) is 36.6. The van der Waals surface area contributed by atoms with Crippen LogP contribution in [-0.4, -0.2) is 36.0 Å². The molecule has 2 heterocycles. The van der Waals surface area contributed by atoms with Gasteiger partial charge in [0.1, 0.15) is 22.8 Å². The fourth-order valence-corrected chi connectivity index (χ4v) is 2.73. The Morgan fingerprint density at radius 3 is 2.81 bits per heavy atom. The predicted molar refractivity (Wildman–Crippen MR) is 91.2 cm³/mol. The second-order valence-electron chi connectivity index (χ2n) is 5.82. The van der Waals surface area contributed by atoms with E-state index >= 15 is 0 Å². The van der Waals surface area contributed by atoms with Crippen LogP contribution in [0, 0.1) is 6.92 Å². The molecule has 26 heavy (non-hydrogen) atoms. The van der Waals surface area contributed by atoms with E-state index in [1.54, 1.807) is 25.1 Å². The number of carbonyl (C=O) groups is 3. The summed E-state index contributed by atoms with van der Waals surface area (Å²) < 4.78 is 10.7. The number of fused-ring (bicyclic) bond motifs is 1. The number of rotatable bonds is 6. The number of nitrogens with zero attached hydrogens (tertiary/aromatic N) is 1. The normalized spacial score (nSPS) is 13.1. The molecule has 0 aliphatic carbocycles. The van der Waals surface area contributed by atoms with Crippen LogP contribution in [0.25, 0.3) is 0 Å². The maximum Gasteiger partial charge on any atom is 0.339 e. The number of anilines is 1. The van der Waals surface area contributed by atoms with E-state index in [9.17, 15) is 14.4 Å². The second-order valence-corrected chi connectivity index (χ2v) is 5.82. The number of aromatic carboxylic acids is 1. The van der Waals surface area contributed by atoms with Crippen molar-refractivity contribution in [2.75, 3.05) is 18.1 Å². The van der Waals surface area contributed by atoms with Gasteiger partial charge < -0.3 is 24.5 Å². The number of hydrogen-bond donors (Lipinski definition) is 2. The number of carbonyl (C=O) groups excluding carboxylic acids is 2. The van der Waals surface area contributed by atoms with Crippen LogP contribution in [0.15, 0.2) is 34.7 Å². The van der Waals surface area contributed by atoms with Gasteiger partial charge in [-0.25, -0.2) is 4.79 Å². The highest BCUT2D eigenvalue weighted by atomic mass is 16.5. The summed E-state index contributed by atoms with van der Waals surface area (Å²) in [7, 11) is 0. The highest BCUT2D eigenvalue weighted by Gasteiger charge is 2.25. The third-order valence-electron chi connectivity index (χ3n) is 4.03. The molecule has 0 radical (unpaired) electrons. The molecule has 1 aromatic carbocycles. The lowest BCUT2D eigenvalue weighted by Crippen LogP contribution is -2.41. The van der Waals surface area contributed by atoms with E-state index in [1.165, 1.54) is 11.0 Å². The van der Waals surface area contributed by atoms with Gasteiger partial charge >= 0.3 is 5.97 Å². The number of amides is 2. The molecular formula is C18H18N2O6. The van der Waals surface area contributed by atoms with Crippen molar-refractivity contribution in [2.45, 2.75) is 19.9 Å². The standard InChI is InChI=1S/C18H18N2O6/c1-11-13(18(23)24)8-12(26-11)9-19-16(21)6-7-20-14-4-2-3-5-15(14)25-10-17(20)22/h2-5,8H,6-7,9-10H2,1H3,(H,19,21)(H,23,24). The van der Waals surface area contributed by atoms with Crippen LogP contribution in [0.4, 0.5) is 5.69 Å². The first-order chi connectivity index (χ1) is 12.5. The first-order valence-electron chi connectivity index (χ1n) is 8.07. The zero-order valence-corrected chi connectivity index (χ0v) is 14.2. The molecule has 0 saturated carbocycles. The van der Waals surface area contributed by atoms with Crippen molar-refractivity contribution >= 4 is 23.5 Å². The summed E-state index contributed by atoms with van der Waals surface area (Å²) in [6.07, 6.45) is 0.103. The number of hydrogen-bond acceptors (Lipinski definition) is 5. The molecule has 136 valence electrons.